The van der Waals surface area contributed by atoms with Crippen molar-refractivity contribution in [2.45, 2.75) is 0 Å². The topological polar surface area (TPSA) is 121 Å². The molecule has 0 fully saturated rings. The number of nitrogens with one attached hydrogen (secondary N) is 1. The van der Waals surface area contributed by atoms with E-state index in [1.165, 1.54) is 13.2 Å². The van der Waals surface area contributed by atoms with Crippen molar-refractivity contribution < 1.29 is 23.5 Å². The van der Waals surface area contributed by atoms with E-state index in [0.29, 0.717) is 16.9 Å². The lowest BCUT2D eigenvalue weighted by molar-refractivity contribution is 0.0953. The summed E-state index contributed by atoms with van der Waals surface area (Å²) in [5.74, 6) is 4.93. The van der Waals surface area contributed by atoms with Crippen LogP contribution in [0.1, 0.15) is 20.7 Å². The smallest absolute Gasteiger partial charge is 0.349 e. The van der Waals surface area contributed by atoms with Gasteiger partial charge in [-0.15, -0.1) is 0 Å². The lowest BCUT2D eigenvalue weighted by atomic mass is 10.1. The summed E-state index contributed by atoms with van der Waals surface area (Å²) in [6.45, 7) is -0.00663. The highest BCUT2D eigenvalue weighted by atomic mass is 16.5. The lowest BCUT2D eigenvalue weighted by Crippen LogP contribution is -2.28. The standard InChI is InChI=1S/C22H18N2O6/c1-28-18-10-6-7-14-13-16(22(27)30-19(14)18)21(26)24-11-4-5-12-29-17-9-3-2-8-15(17)20(23)25/h2-3,6-10,13H,11-12H2,1H3,(H2,23,25)(H,24,26). The van der Waals surface area contributed by atoms with Crippen molar-refractivity contribution in [2.24, 2.45) is 5.73 Å². The molecule has 2 aromatic carbocycles. The highest BCUT2D eigenvalue weighted by molar-refractivity contribution is 5.97. The van der Waals surface area contributed by atoms with Crippen LogP contribution in [0, 0.1) is 11.8 Å². The molecular weight excluding hydrogens is 388 g/mol. The molecule has 1 heterocycles. The van der Waals surface area contributed by atoms with Crippen LogP contribution in [0.15, 0.2) is 57.7 Å². The third kappa shape index (κ3) is 4.59. The maximum atomic E-state index is 12.3. The second-order valence-electron chi connectivity index (χ2n) is 6.01. The first-order valence-corrected chi connectivity index (χ1v) is 8.87. The zero-order valence-corrected chi connectivity index (χ0v) is 16.1. The van der Waals surface area contributed by atoms with Gasteiger partial charge in [-0.3, -0.25) is 9.59 Å². The fourth-order valence-corrected chi connectivity index (χ4v) is 2.68. The summed E-state index contributed by atoms with van der Waals surface area (Å²) >= 11 is 0. The average Bonchev–Trinajstić information content (AvgIpc) is 2.75. The fourth-order valence-electron chi connectivity index (χ4n) is 2.68. The van der Waals surface area contributed by atoms with E-state index < -0.39 is 17.4 Å². The molecule has 0 spiro atoms. The molecule has 30 heavy (non-hydrogen) atoms. The van der Waals surface area contributed by atoms with Gasteiger partial charge < -0.3 is 24.9 Å². The van der Waals surface area contributed by atoms with Crippen LogP contribution in [0.25, 0.3) is 11.0 Å². The van der Waals surface area contributed by atoms with Crippen LogP contribution in [0.5, 0.6) is 11.5 Å². The number of nitrogens with two attached hydrogens (primary N) is 1. The molecular formula is C22H18N2O6. The summed E-state index contributed by atoms with van der Waals surface area (Å²) in [4.78, 5) is 35.8. The van der Waals surface area contributed by atoms with E-state index in [-0.39, 0.29) is 29.9 Å². The second-order valence-corrected chi connectivity index (χ2v) is 6.01. The first-order chi connectivity index (χ1) is 14.5. The molecule has 3 rings (SSSR count). The summed E-state index contributed by atoms with van der Waals surface area (Å²) < 4.78 is 15.8. The average molecular weight is 406 g/mol. The third-order valence-electron chi connectivity index (χ3n) is 4.10. The van der Waals surface area contributed by atoms with E-state index in [1.807, 2.05) is 0 Å². The fraction of sp³-hybridized carbons (Fsp3) is 0.136. The van der Waals surface area contributed by atoms with Crippen molar-refractivity contribution in [3.8, 4) is 23.3 Å². The molecule has 0 radical (unpaired) electrons. The lowest BCUT2D eigenvalue weighted by Gasteiger charge is -2.06. The molecule has 8 heteroatoms. The number of ether oxygens (including phenoxy) is 2. The van der Waals surface area contributed by atoms with E-state index >= 15 is 0 Å². The zero-order chi connectivity index (χ0) is 21.5. The Morgan fingerprint density at radius 1 is 1.07 bits per heavy atom. The molecule has 0 unspecified atom stereocenters. The Kier molecular flexibility index (Phi) is 6.35. The Balaban J connectivity index is 1.60. The van der Waals surface area contributed by atoms with Crippen LogP contribution < -0.4 is 26.1 Å². The van der Waals surface area contributed by atoms with Gasteiger partial charge in [-0.05, 0) is 24.3 Å². The quantitative estimate of drug-likeness (QED) is 0.475. The van der Waals surface area contributed by atoms with Gasteiger partial charge >= 0.3 is 5.63 Å². The highest BCUT2D eigenvalue weighted by Crippen LogP contribution is 2.24. The maximum absolute atomic E-state index is 12.3. The van der Waals surface area contributed by atoms with Gasteiger partial charge in [0.2, 0.25) is 0 Å². The monoisotopic (exact) mass is 406 g/mol. The van der Waals surface area contributed by atoms with Crippen LogP contribution in [0.3, 0.4) is 0 Å². The molecule has 3 N–H and O–H groups in total. The summed E-state index contributed by atoms with van der Waals surface area (Å²) in [6.07, 6.45) is 0. The molecule has 0 saturated carbocycles. The summed E-state index contributed by atoms with van der Waals surface area (Å²) in [7, 11) is 1.46. The van der Waals surface area contributed by atoms with Gasteiger partial charge in [0.1, 0.15) is 17.9 Å². The second kappa shape index (κ2) is 9.30. The largest absolute Gasteiger partial charge is 0.493 e. The van der Waals surface area contributed by atoms with E-state index in [4.69, 9.17) is 19.6 Å². The van der Waals surface area contributed by atoms with Gasteiger partial charge in [-0.1, -0.05) is 36.1 Å². The molecule has 0 aliphatic rings. The van der Waals surface area contributed by atoms with Crippen molar-refractivity contribution in [1.29, 1.82) is 0 Å². The summed E-state index contributed by atoms with van der Waals surface area (Å²) in [6, 6.07) is 13.1. The molecule has 0 bridgehead atoms. The van der Waals surface area contributed by atoms with Crippen LogP contribution in [-0.2, 0) is 0 Å². The van der Waals surface area contributed by atoms with Crippen LogP contribution >= 0.6 is 0 Å². The number of rotatable bonds is 6. The normalized spacial score (nSPS) is 10.0. The van der Waals surface area contributed by atoms with Crippen molar-refractivity contribution in [3.63, 3.8) is 0 Å². The van der Waals surface area contributed by atoms with Crippen molar-refractivity contribution in [3.05, 3.63) is 70.1 Å². The first-order valence-electron chi connectivity index (χ1n) is 8.87. The molecule has 2 amide bonds. The molecule has 1 aromatic heterocycles. The van der Waals surface area contributed by atoms with Crippen molar-refractivity contribution in [1.82, 2.24) is 5.32 Å². The predicted octanol–water partition coefficient (Wildman–Crippen LogP) is 1.71. The Labute approximate surface area is 171 Å². The SMILES string of the molecule is COc1cccc2cc(C(=O)NCC#CCOc3ccccc3C(N)=O)c(=O)oc12. The molecule has 0 atom stereocenters. The number of primary amides is 1. The highest BCUT2D eigenvalue weighted by Gasteiger charge is 2.14. The van der Waals surface area contributed by atoms with Crippen LogP contribution in [-0.4, -0.2) is 32.1 Å². The Morgan fingerprint density at radius 3 is 2.60 bits per heavy atom. The van der Waals surface area contributed by atoms with E-state index in [9.17, 15) is 14.4 Å². The van der Waals surface area contributed by atoms with Gasteiger partial charge in [0, 0.05) is 5.39 Å². The summed E-state index contributed by atoms with van der Waals surface area (Å²) in [5.41, 5.74) is 4.90. The van der Waals surface area contributed by atoms with Crippen LogP contribution in [0.2, 0.25) is 0 Å². The minimum atomic E-state index is -0.774. The molecule has 0 aliphatic carbocycles. The van der Waals surface area contributed by atoms with Gasteiger partial charge in [0.25, 0.3) is 11.8 Å². The zero-order valence-electron chi connectivity index (χ0n) is 16.1. The number of methoxy groups -OCH3 is 1. The maximum Gasteiger partial charge on any atom is 0.349 e. The van der Waals surface area contributed by atoms with E-state index in [1.54, 1.807) is 42.5 Å². The number of fused-ring (bicyclic) bond motifs is 1. The minimum absolute atomic E-state index is 0.00191. The van der Waals surface area contributed by atoms with Gasteiger partial charge in [-0.25, -0.2) is 4.79 Å². The number of carbonyl (C=O) groups is 2. The Hall–Kier alpha value is -4.25. The molecule has 3 aromatic rings. The molecule has 0 aliphatic heterocycles. The number of amides is 2. The van der Waals surface area contributed by atoms with E-state index in [0.717, 1.165) is 0 Å². The third-order valence-corrected chi connectivity index (χ3v) is 4.10. The first kappa shape index (κ1) is 20.5. The van der Waals surface area contributed by atoms with Crippen molar-refractivity contribution in [2.75, 3.05) is 20.3 Å². The number of hydrogen-bond donors (Lipinski definition) is 2. The molecule has 152 valence electrons. The predicted molar refractivity (Wildman–Crippen MR) is 110 cm³/mol. The van der Waals surface area contributed by atoms with Gasteiger partial charge in [0.05, 0.1) is 19.2 Å². The Bertz CT molecular complexity index is 1220. The number of hydrogen-bond acceptors (Lipinski definition) is 6. The number of benzene rings is 2. The Morgan fingerprint density at radius 2 is 1.83 bits per heavy atom. The van der Waals surface area contributed by atoms with Crippen LogP contribution in [0.4, 0.5) is 0 Å². The summed E-state index contributed by atoms with van der Waals surface area (Å²) in [5, 5.41) is 3.09. The number of para-hydroxylation sites is 2. The minimum Gasteiger partial charge on any atom is -0.493 e. The molecule has 8 nitrogen and oxygen atoms in total. The number of carbonyl (C=O) groups excluding carboxylic acids is 2. The van der Waals surface area contributed by atoms with Crippen molar-refractivity contribution >= 4 is 22.8 Å². The van der Waals surface area contributed by atoms with Gasteiger partial charge in [-0.2, -0.15) is 0 Å². The molecule has 0 saturated heterocycles. The van der Waals surface area contributed by atoms with E-state index in [2.05, 4.69) is 17.2 Å². The van der Waals surface area contributed by atoms with Gasteiger partial charge in [0.15, 0.2) is 11.3 Å².